The number of aromatic amines is 1. The zero-order chi connectivity index (χ0) is 24.6. The average molecular weight is 468 g/mol. The van der Waals surface area contributed by atoms with E-state index in [1.165, 1.54) is 0 Å². The van der Waals surface area contributed by atoms with Gasteiger partial charge in [0.1, 0.15) is 5.69 Å². The maximum absolute atomic E-state index is 13.3. The zero-order valence-electron chi connectivity index (χ0n) is 19.2. The minimum absolute atomic E-state index is 0.221. The quantitative estimate of drug-likeness (QED) is 0.272. The fourth-order valence-corrected chi connectivity index (χ4v) is 3.69. The summed E-state index contributed by atoms with van der Waals surface area (Å²) < 4.78 is 0. The van der Waals surface area contributed by atoms with Crippen molar-refractivity contribution < 1.29 is 9.59 Å². The smallest absolute Gasteiger partial charge is 0.272 e. The molecule has 0 unspecified atom stereocenters. The Morgan fingerprint density at radius 2 is 1.54 bits per heavy atom. The molecule has 2 amide bonds. The third-order valence-corrected chi connectivity index (χ3v) is 5.56. The van der Waals surface area contributed by atoms with E-state index < -0.39 is 17.9 Å². The van der Waals surface area contributed by atoms with Gasteiger partial charge < -0.3 is 5.32 Å². The number of hydrogen-bond donors (Lipinski definition) is 3. The first-order valence-corrected chi connectivity index (χ1v) is 11.3. The van der Waals surface area contributed by atoms with E-state index in [1.54, 1.807) is 54.6 Å². The molecule has 0 fully saturated rings. The molecule has 1 aromatic heterocycles. The molecule has 8 heteroatoms. The Bertz CT molecular complexity index is 1420. The molecule has 8 nitrogen and oxygen atoms in total. The van der Waals surface area contributed by atoms with Crippen LogP contribution in [0.4, 0.5) is 0 Å². The van der Waals surface area contributed by atoms with Crippen molar-refractivity contribution in [2.24, 2.45) is 5.10 Å². The van der Waals surface area contributed by atoms with Crippen molar-refractivity contribution in [1.82, 2.24) is 20.9 Å². The van der Waals surface area contributed by atoms with Gasteiger partial charge >= 0.3 is 0 Å². The number of carbonyl (C=O) groups is 2. The van der Waals surface area contributed by atoms with Crippen molar-refractivity contribution in [2.75, 3.05) is 0 Å². The topological polar surface area (TPSA) is 116 Å². The van der Waals surface area contributed by atoms with E-state index in [-0.39, 0.29) is 11.3 Å². The molecule has 0 radical (unpaired) electrons. The van der Waals surface area contributed by atoms with Crippen LogP contribution in [0.1, 0.15) is 41.0 Å². The molecule has 35 heavy (non-hydrogen) atoms. The maximum atomic E-state index is 13.3. The molecule has 176 valence electrons. The first-order chi connectivity index (χ1) is 17.1. The molecule has 0 aliphatic rings. The summed E-state index contributed by atoms with van der Waals surface area (Å²) in [5.74, 6) is -1.02. The number of nitrogens with zero attached hydrogens (tertiary/aromatic N) is 2. The summed E-state index contributed by atoms with van der Waals surface area (Å²) in [5.41, 5.74) is 4.67. The summed E-state index contributed by atoms with van der Waals surface area (Å²) in [7, 11) is 0. The van der Waals surface area contributed by atoms with Gasteiger partial charge in [0, 0.05) is 23.1 Å². The first-order valence-electron chi connectivity index (χ1n) is 11.3. The van der Waals surface area contributed by atoms with Gasteiger partial charge in [-0.15, -0.1) is 0 Å². The molecule has 4 aromatic rings. The van der Waals surface area contributed by atoms with Crippen LogP contribution in [0.3, 0.4) is 0 Å². The second kappa shape index (κ2) is 11.0. The highest BCUT2D eigenvalue weighted by Crippen LogP contribution is 2.20. The van der Waals surface area contributed by atoms with E-state index in [0.29, 0.717) is 29.2 Å². The molecule has 0 saturated heterocycles. The van der Waals surface area contributed by atoms with Crippen LogP contribution in [0.2, 0.25) is 0 Å². The highest BCUT2D eigenvalue weighted by Gasteiger charge is 2.27. The van der Waals surface area contributed by atoms with Crippen LogP contribution in [0.25, 0.3) is 10.8 Å². The van der Waals surface area contributed by atoms with Gasteiger partial charge in [0.25, 0.3) is 17.4 Å². The molecule has 4 rings (SSSR count). The van der Waals surface area contributed by atoms with Crippen molar-refractivity contribution in [3.63, 3.8) is 0 Å². The van der Waals surface area contributed by atoms with Gasteiger partial charge in [0.15, 0.2) is 6.04 Å². The second-order valence-corrected chi connectivity index (χ2v) is 7.93. The minimum Gasteiger partial charge on any atom is -0.335 e. The molecule has 0 spiro atoms. The van der Waals surface area contributed by atoms with E-state index in [4.69, 9.17) is 0 Å². The van der Waals surface area contributed by atoms with E-state index in [9.17, 15) is 14.4 Å². The largest absolute Gasteiger partial charge is 0.335 e. The predicted octanol–water partition coefficient (Wildman–Crippen LogP) is 3.52. The molecular weight excluding hydrogens is 442 g/mol. The predicted molar refractivity (Wildman–Crippen MR) is 135 cm³/mol. The lowest BCUT2D eigenvalue weighted by atomic mass is 10.0. The Balaban J connectivity index is 1.66. The van der Waals surface area contributed by atoms with Crippen LogP contribution in [-0.2, 0) is 11.2 Å². The lowest BCUT2D eigenvalue weighted by Gasteiger charge is -2.18. The van der Waals surface area contributed by atoms with Gasteiger partial charge in [0.05, 0.1) is 5.39 Å². The third-order valence-electron chi connectivity index (χ3n) is 5.56. The maximum Gasteiger partial charge on any atom is 0.272 e. The summed E-state index contributed by atoms with van der Waals surface area (Å²) in [6, 6.07) is 24.0. The van der Waals surface area contributed by atoms with E-state index in [2.05, 4.69) is 26.0 Å². The Morgan fingerprint density at radius 3 is 2.23 bits per heavy atom. The molecule has 0 bridgehead atoms. The number of hydrazone groups is 1. The van der Waals surface area contributed by atoms with Gasteiger partial charge in [-0.3, -0.25) is 14.4 Å². The van der Waals surface area contributed by atoms with Crippen LogP contribution < -0.4 is 16.3 Å². The molecule has 3 N–H and O–H groups in total. The first kappa shape index (κ1) is 23.6. The van der Waals surface area contributed by atoms with Gasteiger partial charge in [-0.05, 0) is 30.2 Å². The summed E-state index contributed by atoms with van der Waals surface area (Å²) in [6.07, 6.45) is 1.22. The zero-order valence-corrected chi connectivity index (χ0v) is 19.2. The Morgan fingerprint density at radius 1 is 0.914 bits per heavy atom. The van der Waals surface area contributed by atoms with Gasteiger partial charge in [-0.25, -0.2) is 10.5 Å². The van der Waals surface area contributed by atoms with Crippen LogP contribution in [0.5, 0.6) is 0 Å². The Hall–Kier alpha value is -4.59. The second-order valence-electron chi connectivity index (χ2n) is 7.93. The van der Waals surface area contributed by atoms with E-state index in [0.717, 1.165) is 11.3 Å². The molecular formula is C27H25N5O3. The highest BCUT2D eigenvalue weighted by atomic mass is 16.2. The molecule has 0 aliphatic heterocycles. The summed E-state index contributed by atoms with van der Waals surface area (Å²) in [5, 5.41) is 14.5. The third kappa shape index (κ3) is 5.67. The van der Waals surface area contributed by atoms with Crippen molar-refractivity contribution >= 4 is 28.3 Å². The van der Waals surface area contributed by atoms with Crippen molar-refractivity contribution in [2.45, 2.75) is 25.8 Å². The fraction of sp³-hybridized carbons (Fsp3) is 0.148. The number of benzene rings is 3. The van der Waals surface area contributed by atoms with Crippen LogP contribution in [-0.4, -0.2) is 27.7 Å². The average Bonchev–Trinajstić information content (AvgIpc) is 2.91. The number of rotatable bonds is 8. The normalized spacial score (nSPS) is 12.2. The standard InChI is InChI=1S/C27H25N5O3/c1-2-20(17-18-11-5-3-6-12-18)29-32-27(35)24(28-25(33)19-13-7-4-8-14-19)23-21-15-9-10-16-22(21)26(34)31-30-23/h3-16,24H,2,17H2,1H3,(H,28,33)(H,31,34)(H,32,35)/b29-20-/t24-/m0/s1. The van der Waals surface area contributed by atoms with Crippen molar-refractivity contribution in [1.29, 1.82) is 0 Å². The number of H-pyrrole nitrogens is 1. The number of hydrogen-bond acceptors (Lipinski definition) is 5. The minimum atomic E-state index is -1.19. The summed E-state index contributed by atoms with van der Waals surface area (Å²) in [4.78, 5) is 38.6. The number of carbonyl (C=O) groups excluding carboxylic acids is 2. The van der Waals surface area contributed by atoms with E-state index in [1.807, 2.05) is 37.3 Å². The van der Waals surface area contributed by atoms with Crippen molar-refractivity contribution in [3.8, 4) is 0 Å². The van der Waals surface area contributed by atoms with Crippen molar-refractivity contribution in [3.05, 3.63) is 112 Å². The lowest BCUT2D eigenvalue weighted by Crippen LogP contribution is -2.40. The number of nitrogens with one attached hydrogen (secondary N) is 3. The molecule has 1 heterocycles. The van der Waals surface area contributed by atoms with Gasteiger partial charge in [-0.2, -0.15) is 10.2 Å². The molecule has 0 saturated carbocycles. The van der Waals surface area contributed by atoms with Crippen LogP contribution in [0.15, 0.2) is 94.8 Å². The van der Waals surface area contributed by atoms with Crippen LogP contribution in [0, 0.1) is 0 Å². The number of amides is 2. The highest BCUT2D eigenvalue weighted by molar-refractivity contribution is 5.99. The Labute approximate surface area is 202 Å². The number of fused-ring (bicyclic) bond motifs is 1. The van der Waals surface area contributed by atoms with Crippen LogP contribution >= 0.6 is 0 Å². The SMILES string of the molecule is CC/C(Cc1ccccc1)=N/NC(=O)[C@@H](NC(=O)c1ccccc1)c1n[nH]c(=O)c2ccccc12. The summed E-state index contributed by atoms with van der Waals surface area (Å²) >= 11 is 0. The lowest BCUT2D eigenvalue weighted by molar-refractivity contribution is -0.123. The monoisotopic (exact) mass is 467 g/mol. The molecule has 1 atom stereocenters. The summed E-state index contributed by atoms with van der Waals surface area (Å²) in [6.45, 7) is 1.96. The molecule has 3 aromatic carbocycles. The fourth-order valence-electron chi connectivity index (χ4n) is 3.69. The van der Waals surface area contributed by atoms with E-state index >= 15 is 0 Å². The van der Waals surface area contributed by atoms with Gasteiger partial charge in [0.2, 0.25) is 0 Å². The number of aromatic nitrogens is 2. The van der Waals surface area contributed by atoms with Gasteiger partial charge in [-0.1, -0.05) is 73.7 Å². The molecule has 0 aliphatic carbocycles. The Kier molecular flexibility index (Phi) is 7.42.